The lowest BCUT2D eigenvalue weighted by Gasteiger charge is -2.30. The van der Waals surface area contributed by atoms with Gasteiger partial charge in [0, 0.05) is 32.2 Å². The Hall–Kier alpha value is -1.64. The van der Waals surface area contributed by atoms with Crippen LogP contribution in [-0.2, 0) is 10.0 Å². The number of benzene rings is 1. The Kier molecular flexibility index (Phi) is 5.84. The Labute approximate surface area is 143 Å². The molecular weight excluding hydrogens is 330 g/mol. The summed E-state index contributed by atoms with van der Waals surface area (Å²) >= 11 is 0. The molecule has 24 heavy (non-hydrogen) atoms. The Balaban J connectivity index is 2.29. The summed E-state index contributed by atoms with van der Waals surface area (Å²) in [7, 11) is 0.581. The van der Waals surface area contributed by atoms with Crippen LogP contribution in [0, 0.1) is 5.92 Å². The van der Waals surface area contributed by atoms with E-state index in [0.29, 0.717) is 18.0 Å². The largest absolute Gasteiger partial charge is 0.495 e. The summed E-state index contributed by atoms with van der Waals surface area (Å²) in [4.78, 5) is 12.5. The summed E-state index contributed by atoms with van der Waals surface area (Å²) in [5.41, 5.74) is 0.300. The summed E-state index contributed by atoms with van der Waals surface area (Å²) < 4.78 is 31.1. The Morgan fingerprint density at radius 3 is 2.67 bits per heavy atom. The molecule has 0 aromatic heterocycles. The Morgan fingerprint density at radius 1 is 1.38 bits per heavy atom. The summed E-state index contributed by atoms with van der Waals surface area (Å²) in [5.74, 6) is 0.305. The maximum atomic E-state index is 12.5. The average Bonchev–Trinajstić information content (AvgIpc) is 2.56. The number of carbonyl (C=O) groups excluding carboxylic acids is 1. The molecule has 1 aliphatic rings. The minimum absolute atomic E-state index is 0.0162. The summed E-state index contributed by atoms with van der Waals surface area (Å²) in [6.07, 6.45) is 0.994. The van der Waals surface area contributed by atoms with Gasteiger partial charge in [0.1, 0.15) is 10.6 Å². The predicted octanol–water partition coefficient (Wildman–Crippen LogP) is 0.673. The van der Waals surface area contributed by atoms with Crippen molar-refractivity contribution in [2.24, 2.45) is 5.92 Å². The standard InChI is InChI=1S/C16H25N3O4S/c1-11-7-8-17-10-13(11)18-16(20)12-5-6-14(23-4)15(9-12)24(21,22)19(2)3/h5-6,9,11,13,17H,7-8,10H2,1-4H3,(H,18,20). The van der Waals surface area contributed by atoms with E-state index in [4.69, 9.17) is 4.74 Å². The lowest BCUT2D eigenvalue weighted by molar-refractivity contribution is 0.0915. The van der Waals surface area contributed by atoms with Crippen molar-refractivity contribution in [2.45, 2.75) is 24.3 Å². The van der Waals surface area contributed by atoms with Gasteiger partial charge in [-0.2, -0.15) is 0 Å². The van der Waals surface area contributed by atoms with Crippen molar-refractivity contribution >= 4 is 15.9 Å². The van der Waals surface area contributed by atoms with Gasteiger partial charge in [0.05, 0.1) is 7.11 Å². The van der Waals surface area contributed by atoms with Crippen molar-refractivity contribution in [3.63, 3.8) is 0 Å². The van der Waals surface area contributed by atoms with Crippen LogP contribution in [0.4, 0.5) is 0 Å². The molecule has 1 heterocycles. The van der Waals surface area contributed by atoms with Gasteiger partial charge in [0.25, 0.3) is 5.91 Å². The van der Waals surface area contributed by atoms with E-state index in [1.165, 1.54) is 33.3 Å². The number of nitrogens with one attached hydrogen (secondary N) is 2. The molecule has 1 aliphatic heterocycles. The molecular formula is C16H25N3O4S. The molecule has 1 aromatic rings. The molecule has 0 radical (unpaired) electrons. The van der Waals surface area contributed by atoms with Crippen LogP contribution in [-0.4, -0.2) is 59.0 Å². The fraction of sp³-hybridized carbons (Fsp3) is 0.562. The van der Waals surface area contributed by atoms with Crippen LogP contribution in [0.25, 0.3) is 0 Å². The van der Waals surface area contributed by atoms with Gasteiger partial charge in [-0.25, -0.2) is 12.7 Å². The third-order valence-corrected chi connectivity index (χ3v) is 6.16. The van der Waals surface area contributed by atoms with Gasteiger partial charge in [-0.3, -0.25) is 4.79 Å². The number of nitrogens with zero attached hydrogens (tertiary/aromatic N) is 1. The number of methoxy groups -OCH3 is 1. The van der Waals surface area contributed by atoms with E-state index in [2.05, 4.69) is 17.6 Å². The normalized spacial score (nSPS) is 21.5. The molecule has 1 aromatic carbocycles. The molecule has 1 amide bonds. The van der Waals surface area contributed by atoms with Crippen LogP contribution in [0.5, 0.6) is 5.75 Å². The first-order chi connectivity index (χ1) is 11.3. The quantitative estimate of drug-likeness (QED) is 0.811. The van der Waals surface area contributed by atoms with Crippen LogP contribution >= 0.6 is 0 Å². The van der Waals surface area contributed by atoms with E-state index in [9.17, 15) is 13.2 Å². The van der Waals surface area contributed by atoms with E-state index >= 15 is 0 Å². The number of hydrogen-bond acceptors (Lipinski definition) is 5. The number of ether oxygens (including phenoxy) is 1. The first kappa shape index (κ1) is 18.7. The molecule has 7 nitrogen and oxygen atoms in total. The predicted molar refractivity (Wildman–Crippen MR) is 91.8 cm³/mol. The minimum atomic E-state index is -3.70. The molecule has 2 unspecified atom stereocenters. The van der Waals surface area contributed by atoms with E-state index in [0.717, 1.165) is 17.3 Å². The highest BCUT2D eigenvalue weighted by Gasteiger charge is 2.26. The molecule has 8 heteroatoms. The SMILES string of the molecule is COc1ccc(C(=O)NC2CNCCC2C)cc1S(=O)(=O)N(C)C. The number of hydrogen-bond donors (Lipinski definition) is 2. The second-order valence-corrected chi connectivity index (χ2v) is 8.32. The topological polar surface area (TPSA) is 87.7 Å². The monoisotopic (exact) mass is 355 g/mol. The van der Waals surface area contributed by atoms with Gasteiger partial charge in [-0.1, -0.05) is 6.92 Å². The highest BCUT2D eigenvalue weighted by atomic mass is 32.2. The maximum Gasteiger partial charge on any atom is 0.251 e. The number of carbonyl (C=O) groups is 1. The molecule has 0 saturated carbocycles. The lowest BCUT2D eigenvalue weighted by atomic mass is 9.94. The van der Waals surface area contributed by atoms with Crippen LogP contribution in [0.15, 0.2) is 23.1 Å². The first-order valence-corrected chi connectivity index (χ1v) is 9.33. The van der Waals surface area contributed by atoms with Gasteiger partial charge in [0.15, 0.2) is 0 Å². The smallest absolute Gasteiger partial charge is 0.251 e. The van der Waals surface area contributed by atoms with E-state index in [1.54, 1.807) is 6.07 Å². The van der Waals surface area contributed by atoms with Crippen LogP contribution < -0.4 is 15.4 Å². The van der Waals surface area contributed by atoms with Crippen molar-refractivity contribution in [3.05, 3.63) is 23.8 Å². The number of rotatable bonds is 5. The zero-order valence-electron chi connectivity index (χ0n) is 14.5. The molecule has 0 bridgehead atoms. The van der Waals surface area contributed by atoms with Crippen molar-refractivity contribution < 1.29 is 17.9 Å². The second kappa shape index (κ2) is 7.50. The number of piperidine rings is 1. The van der Waals surface area contributed by atoms with Gasteiger partial charge in [-0.15, -0.1) is 0 Å². The van der Waals surface area contributed by atoms with Crippen LogP contribution in [0.3, 0.4) is 0 Å². The fourth-order valence-corrected chi connectivity index (χ4v) is 3.73. The fourth-order valence-electron chi connectivity index (χ4n) is 2.65. The van der Waals surface area contributed by atoms with Crippen molar-refractivity contribution in [2.75, 3.05) is 34.3 Å². The third kappa shape index (κ3) is 3.88. The number of sulfonamides is 1. The second-order valence-electron chi connectivity index (χ2n) is 6.20. The molecule has 0 spiro atoms. The zero-order chi connectivity index (χ0) is 17.9. The molecule has 2 rings (SSSR count). The number of amides is 1. The lowest BCUT2D eigenvalue weighted by Crippen LogP contribution is -2.50. The van der Waals surface area contributed by atoms with E-state index in [-0.39, 0.29) is 22.6 Å². The summed E-state index contributed by atoms with van der Waals surface area (Å²) in [6.45, 7) is 3.76. The van der Waals surface area contributed by atoms with Crippen LogP contribution in [0.1, 0.15) is 23.7 Å². The summed E-state index contributed by atoms with van der Waals surface area (Å²) in [5, 5.41) is 6.23. The molecule has 0 aliphatic carbocycles. The highest BCUT2D eigenvalue weighted by Crippen LogP contribution is 2.27. The van der Waals surface area contributed by atoms with Crippen molar-refractivity contribution in [1.82, 2.24) is 14.9 Å². The van der Waals surface area contributed by atoms with E-state index in [1.807, 2.05) is 0 Å². The maximum absolute atomic E-state index is 12.5. The first-order valence-electron chi connectivity index (χ1n) is 7.89. The van der Waals surface area contributed by atoms with Crippen molar-refractivity contribution in [3.8, 4) is 5.75 Å². The summed E-state index contributed by atoms with van der Waals surface area (Å²) in [6, 6.07) is 4.48. The minimum Gasteiger partial charge on any atom is -0.495 e. The average molecular weight is 355 g/mol. The molecule has 2 N–H and O–H groups in total. The Bertz CT molecular complexity index is 703. The third-order valence-electron chi connectivity index (χ3n) is 4.33. The van der Waals surface area contributed by atoms with Crippen molar-refractivity contribution in [1.29, 1.82) is 0 Å². The molecule has 1 saturated heterocycles. The van der Waals surface area contributed by atoms with Gasteiger partial charge in [0.2, 0.25) is 10.0 Å². The molecule has 1 fully saturated rings. The van der Waals surface area contributed by atoms with Gasteiger partial charge in [-0.05, 0) is 37.1 Å². The molecule has 2 atom stereocenters. The van der Waals surface area contributed by atoms with E-state index < -0.39 is 10.0 Å². The molecule has 134 valence electrons. The van der Waals surface area contributed by atoms with Crippen LogP contribution in [0.2, 0.25) is 0 Å². The highest BCUT2D eigenvalue weighted by molar-refractivity contribution is 7.89. The van der Waals surface area contributed by atoms with Gasteiger partial charge < -0.3 is 15.4 Å². The van der Waals surface area contributed by atoms with Gasteiger partial charge >= 0.3 is 0 Å². The Morgan fingerprint density at radius 2 is 2.08 bits per heavy atom. The zero-order valence-corrected chi connectivity index (χ0v) is 15.3.